The highest BCUT2D eigenvalue weighted by atomic mass is 127. The number of benzene rings is 3. The summed E-state index contributed by atoms with van der Waals surface area (Å²) in [5.41, 5.74) is 2.45. The molecule has 3 N–H and O–H groups in total. The summed E-state index contributed by atoms with van der Waals surface area (Å²) in [7, 11) is 0. The molecule has 5 amide bonds. The number of nitrogens with one attached hydrogen (secondary N) is 3. The van der Waals surface area contributed by atoms with E-state index in [1.165, 1.54) is 30.3 Å². The number of ether oxygens (including phenoxy) is 2. The maximum absolute atomic E-state index is 13.1. The maximum atomic E-state index is 13.1. The Balaban J connectivity index is 1.44. The summed E-state index contributed by atoms with van der Waals surface area (Å²) in [6.07, 6.45) is 1.47. The highest BCUT2D eigenvalue weighted by Gasteiger charge is 2.35. The number of imide groups is 1. The van der Waals surface area contributed by atoms with Gasteiger partial charge < -0.3 is 25.4 Å². The van der Waals surface area contributed by atoms with Crippen LogP contribution in [0.1, 0.15) is 18.1 Å². The van der Waals surface area contributed by atoms with Gasteiger partial charge in [-0.05, 0) is 102 Å². The number of urea groups is 1. The topological polar surface area (TPSA) is 126 Å². The smallest absolute Gasteiger partial charge is 0.329 e. The van der Waals surface area contributed by atoms with Crippen LogP contribution in [-0.2, 0) is 14.4 Å². The number of carbonyl (C=O) groups is 4. The molecule has 1 heterocycles. The van der Waals surface area contributed by atoms with Gasteiger partial charge in [0.25, 0.3) is 11.8 Å². The van der Waals surface area contributed by atoms with Gasteiger partial charge in [-0.25, -0.2) is 14.1 Å². The maximum Gasteiger partial charge on any atom is 0.329 e. The number of aryl methyl sites for hydroxylation is 1. The average Bonchev–Trinajstić information content (AvgIpc) is 3.17. The van der Waals surface area contributed by atoms with Crippen molar-refractivity contribution in [3.8, 4) is 11.5 Å². The first-order valence-electron chi connectivity index (χ1n) is 12.5. The van der Waals surface area contributed by atoms with Crippen molar-refractivity contribution in [3.63, 3.8) is 0 Å². The molecule has 212 valence electrons. The number of rotatable bonds is 10. The zero-order chi connectivity index (χ0) is 29.5. The summed E-state index contributed by atoms with van der Waals surface area (Å²) in [6.45, 7) is 3.18. The monoisotopic (exact) mass is 672 g/mol. The molecule has 10 nitrogen and oxygen atoms in total. The van der Waals surface area contributed by atoms with Crippen molar-refractivity contribution in [3.05, 3.63) is 86.9 Å². The van der Waals surface area contributed by atoms with Crippen LogP contribution in [0.3, 0.4) is 0 Å². The van der Waals surface area contributed by atoms with Gasteiger partial charge in [0, 0.05) is 11.4 Å². The van der Waals surface area contributed by atoms with Crippen molar-refractivity contribution in [2.75, 3.05) is 30.4 Å². The Morgan fingerprint density at radius 2 is 1.73 bits per heavy atom. The van der Waals surface area contributed by atoms with E-state index in [2.05, 4.69) is 16.0 Å². The molecular weight excluding hydrogens is 646 g/mol. The summed E-state index contributed by atoms with van der Waals surface area (Å²) in [5.74, 6) is -1.39. The Hall–Kier alpha value is -4.46. The fourth-order valence-electron chi connectivity index (χ4n) is 3.89. The third kappa shape index (κ3) is 7.81. The van der Waals surface area contributed by atoms with Crippen molar-refractivity contribution in [2.45, 2.75) is 13.8 Å². The highest BCUT2D eigenvalue weighted by Crippen LogP contribution is 2.35. The van der Waals surface area contributed by atoms with Crippen LogP contribution in [0.15, 0.2) is 66.4 Å². The molecule has 1 saturated heterocycles. The Morgan fingerprint density at radius 3 is 2.44 bits per heavy atom. The summed E-state index contributed by atoms with van der Waals surface area (Å²) in [5, 5.41) is 7.80. The lowest BCUT2D eigenvalue weighted by atomic mass is 10.1. The second-order valence-corrected chi connectivity index (χ2v) is 10.1. The van der Waals surface area contributed by atoms with Crippen molar-refractivity contribution in [1.29, 1.82) is 0 Å². The Labute approximate surface area is 249 Å². The normalized spacial score (nSPS) is 13.7. The molecule has 3 aromatic carbocycles. The minimum atomic E-state index is -0.715. The molecule has 1 aliphatic heterocycles. The third-order valence-corrected chi connectivity index (χ3v) is 6.49. The number of hydrogen-bond acceptors (Lipinski definition) is 6. The molecule has 1 aliphatic rings. The molecule has 0 radical (unpaired) electrons. The molecule has 0 unspecified atom stereocenters. The van der Waals surface area contributed by atoms with E-state index in [0.717, 1.165) is 10.5 Å². The zero-order valence-electron chi connectivity index (χ0n) is 22.1. The van der Waals surface area contributed by atoms with Crippen molar-refractivity contribution in [2.24, 2.45) is 0 Å². The van der Waals surface area contributed by atoms with Gasteiger partial charge >= 0.3 is 6.03 Å². The van der Waals surface area contributed by atoms with Crippen LogP contribution < -0.4 is 25.4 Å². The molecule has 0 bridgehead atoms. The third-order valence-electron chi connectivity index (χ3n) is 5.68. The number of nitrogens with zero attached hydrogens (tertiary/aromatic N) is 1. The Morgan fingerprint density at radius 1 is 1.00 bits per heavy atom. The Kier molecular flexibility index (Phi) is 9.55. The van der Waals surface area contributed by atoms with Crippen LogP contribution in [-0.4, -0.2) is 48.4 Å². The molecule has 41 heavy (non-hydrogen) atoms. The largest absolute Gasteiger partial charge is 0.490 e. The molecule has 3 aromatic rings. The summed E-state index contributed by atoms with van der Waals surface area (Å²) < 4.78 is 25.1. The number of hydrogen-bond donors (Lipinski definition) is 3. The minimum Gasteiger partial charge on any atom is -0.490 e. The van der Waals surface area contributed by atoms with E-state index in [1.807, 2.05) is 35.6 Å². The van der Waals surface area contributed by atoms with Crippen LogP contribution >= 0.6 is 22.6 Å². The van der Waals surface area contributed by atoms with Gasteiger partial charge in [-0.15, -0.1) is 0 Å². The predicted molar refractivity (Wildman–Crippen MR) is 159 cm³/mol. The molecule has 12 heteroatoms. The summed E-state index contributed by atoms with van der Waals surface area (Å²) >= 11 is 2.01. The first kappa shape index (κ1) is 29.5. The van der Waals surface area contributed by atoms with Gasteiger partial charge in [0.05, 0.1) is 10.2 Å². The number of carbonyl (C=O) groups excluding carboxylic acids is 4. The van der Waals surface area contributed by atoms with E-state index >= 15 is 0 Å². The Bertz CT molecular complexity index is 1530. The van der Waals surface area contributed by atoms with Crippen LogP contribution in [0.5, 0.6) is 11.5 Å². The first-order valence-corrected chi connectivity index (χ1v) is 13.6. The van der Waals surface area contributed by atoms with Crippen molar-refractivity contribution in [1.82, 2.24) is 10.2 Å². The van der Waals surface area contributed by atoms with Crippen molar-refractivity contribution < 1.29 is 33.0 Å². The lowest BCUT2D eigenvalue weighted by Gasteiger charge is -2.15. The average molecular weight is 672 g/mol. The number of halogens is 2. The molecule has 4 rings (SSSR count). The zero-order valence-corrected chi connectivity index (χ0v) is 24.3. The van der Waals surface area contributed by atoms with E-state index < -0.39 is 36.1 Å². The quantitative estimate of drug-likeness (QED) is 0.163. The summed E-state index contributed by atoms with van der Waals surface area (Å²) in [4.78, 5) is 51.1. The molecule has 0 aliphatic carbocycles. The molecule has 1 fully saturated rings. The van der Waals surface area contributed by atoms with E-state index in [4.69, 9.17) is 9.47 Å². The first-order chi connectivity index (χ1) is 19.6. The van der Waals surface area contributed by atoms with E-state index in [1.54, 1.807) is 37.3 Å². The standard InChI is InChI=1S/C29H26FIN4O6/c1-3-40-24-14-18(12-22(31)27(24)41-16-26(37)32-20-9-7-19(30)8-10-20)13-23-28(38)35(29(39)34-23)15-25(36)33-21-6-4-5-17(2)11-21/h4-14H,3,15-16H2,1-2H3,(H,32,37)(H,33,36)(H,34,39)/b23-13+. The lowest BCUT2D eigenvalue weighted by Crippen LogP contribution is -2.38. The van der Waals surface area contributed by atoms with Crippen LogP contribution in [0.4, 0.5) is 20.6 Å². The van der Waals surface area contributed by atoms with Gasteiger partial charge in [0.1, 0.15) is 18.1 Å². The minimum absolute atomic E-state index is 0.0102. The second kappa shape index (κ2) is 13.3. The SMILES string of the molecule is CCOc1cc(/C=C2/NC(=O)N(CC(=O)Nc3cccc(C)c3)C2=O)cc(I)c1OCC(=O)Nc1ccc(F)cc1. The highest BCUT2D eigenvalue weighted by molar-refractivity contribution is 14.1. The van der Waals surface area contributed by atoms with Gasteiger partial charge in [-0.3, -0.25) is 14.4 Å². The lowest BCUT2D eigenvalue weighted by molar-refractivity contribution is -0.127. The van der Waals surface area contributed by atoms with E-state index in [-0.39, 0.29) is 12.3 Å². The van der Waals surface area contributed by atoms with Gasteiger partial charge in [0.2, 0.25) is 5.91 Å². The van der Waals surface area contributed by atoms with Gasteiger partial charge in [-0.1, -0.05) is 12.1 Å². The summed E-state index contributed by atoms with van der Waals surface area (Å²) in [6, 6.07) is 15.1. The fraction of sp³-hybridized carbons (Fsp3) is 0.172. The van der Waals surface area contributed by atoms with Gasteiger partial charge in [0.15, 0.2) is 18.1 Å². The predicted octanol–water partition coefficient (Wildman–Crippen LogP) is 4.69. The van der Waals surface area contributed by atoms with Gasteiger partial charge in [-0.2, -0.15) is 0 Å². The number of amides is 5. The molecule has 0 atom stereocenters. The molecule has 0 saturated carbocycles. The molecule has 0 spiro atoms. The van der Waals surface area contributed by atoms with E-state index in [9.17, 15) is 23.6 Å². The number of anilines is 2. The van der Waals surface area contributed by atoms with Crippen LogP contribution in [0, 0.1) is 16.3 Å². The van der Waals surface area contributed by atoms with Crippen molar-refractivity contribution >= 4 is 63.8 Å². The second-order valence-electron chi connectivity index (χ2n) is 8.90. The van der Waals surface area contributed by atoms with Crippen LogP contribution in [0.2, 0.25) is 0 Å². The van der Waals surface area contributed by atoms with Crippen LogP contribution in [0.25, 0.3) is 6.08 Å². The molecular formula is C29H26FIN4O6. The fourth-order valence-corrected chi connectivity index (χ4v) is 4.67. The van der Waals surface area contributed by atoms with E-state index in [0.29, 0.717) is 38.6 Å². The molecule has 0 aromatic heterocycles.